The van der Waals surface area contributed by atoms with Crippen molar-refractivity contribution in [2.75, 3.05) is 14.1 Å². The van der Waals surface area contributed by atoms with Crippen LogP contribution in [0.4, 0.5) is 0 Å². The highest BCUT2D eigenvalue weighted by Crippen LogP contribution is 1.99. The largest absolute Gasteiger partial charge is 0.381 e. The van der Waals surface area contributed by atoms with E-state index < -0.39 is 0 Å². The summed E-state index contributed by atoms with van der Waals surface area (Å²) in [5.41, 5.74) is 1.36. The molecule has 0 aromatic heterocycles. The van der Waals surface area contributed by atoms with Crippen molar-refractivity contribution in [2.24, 2.45) is 0 Å². The molecule has 0 amide bonds. The van der Waals surface area contributed by atoms with Crippen molar-refractivity contribution in [3.63, 3.8) is 0 Å². The molecular formula is C8H17N. The Labute approximate surface area is 58.4 Å². The molecule has 0 fully saturated rings. The molecule has 0 atom stereocenters. The number of rotatable bonds is 3. The van der Waals surface area contributed by atoms with Gasteiger partial charge < -0.3 is 4.90 Å². The maximum atomic E-state index is 2.26. The van der Waals surface area contributed by atoms with Gasteiger partial charge >= 0.3 is 0 Å². The average molecular weight is 127 g/mol. The van der Waals surface area contributed by atoms with Gasteiger partial charge in [0, 0.05) is 19.8 Å². The smallest absolute Gasteiger partial charge is 0.00579 e. The van der Waals surface area contributed by atoms with Crippen LogP contribution in [0.25, 0.3) is 0 Å². The molecule has 0 aromatic rings. The fraction of sp³-hybridized carbons (Fsp3) is 0.750. The number of nitrogens with zero attached hydrogens (tertiary/aromatic N) is 1. The summed E-state index contributed by atoms with van der Waals surface area (Å²) in [6.07, 6.45) is 4.70. The van der Waals surface area contributed by atoms with Crippen LogP contribution in [-0.4, -0.2) is 19.0 Å². The second kappa shape index (κ2) is 4.42. The first-order valence-corrected chi connectivity index (χ1v) is 3.52. The first-order chi connectivity index (χ1) is 4.18. The van der Waals surface area contributed by atoms with Gasteiger partial charge in [-0.3, -0.25) is 0 Å². The van der Waals surface area contributed by atoms with Crippen LogP contribution in [0.2, 0.25) is 0 Å². The van der Waals surface area contributed by atoms with Crippen molar-refractivity contribution in [2.45, 2.75) is 26.7 Å². The normalized spacial score (nSPS) is 11.8. The lowest BCUT2D eigenvalue weighted by Gasteiger charge is -2.11. The highest BCUT2D eigenvalue weighted by molar-refractivity contribution is 4.94. The molecule has 0 aliphatic rings. The molecule has 0 saturated carbocycles. The third kappa shape index (κ3) is 4.07. The van der Waals surface area contributed by atoms with Crippen molar-refractivity contribution in [3.05, 3.63) is 11.8 Å². The fourth-order valence-electron chi connectivity index (χ4n) is 0.536. The number of allylic oxidation sites excluding steroid dienone is 2. The lowest BCUT2D eigenvalue weighted by atomic mass is 10.3. The van der Waals surface area contributed by atoms with Gasteiger partial charge in [-0.2, -0.15) is 0 Å². The second-order valence-corrected chi connectivity index (χ2v) is 2.53. The second-order valence-electron chi connectivity index (χ2n) is 2.53. The van der Waals surface area contributed by atoms with Crippen LogP contribution >= 0.6 is 0 Å². The first kappa shape index (κ1) is 8.54. The number of hydrogen-bond donors (Lipinski definition) is 0. The molecule has 0 N–H and O–H groups in total. The highest BCUT2D eigenvalue weighted by atomic mass is 15.1. The Balaban J connectivity index is 3.55. The van der Waals surface area contributed by atoms with E-state index in [0.29, 0.717) is 0 Å². The Morgan fingerprint density at radius 2 is 2.00 bits per heavy atom. The molecule has 9 heavy (non-hydrogen) atoms. The molecule has 0 rings (SSSR count). The highest BCUT2D eigenvalue weighted by Gasteiger charge is 1.87. The van der Waals surface area contributed by atoms with Gasteiger partial charge in [0.2, 0.25) is 0 Å². The van der Waals surface area contributed by atoms with E-state index in [1.807, 2.05) is 0 Å². The molecule has 0 aliphatic carbocycles. The molecule has 0 bridgehead atoms. The summed E-state index contributed by atoms with van der Waals surface area (Å²) in [5, 5.41) is 0. The van der Waals surface area contributed by atoms with E-state index in [4.69, 9.17) is 0 Å². The summed E-state index contributed by atoms with van der Waals surface area (Å²) in [5.74, 6) is 0. The summed E-state index contributed by atoms with van der Waals surface area (Å²) in [4.78, 5) is 2.13. The Kier molecular flexibility index (Phi) is 4.20. The van der Waals surface area contributed by atoms with E-state index in [9.17, 15) is 0 Å². The molecular weight excluding hydrogens is 110 g/mol. The Morgan fingerprint density at radius 3 is 2.33 bits per heavy atom. The zero-order chi connectivity index (χ0) is 7.28. The van der Waals surface area contributed by atoms with Crippen molar-refractivity contribution in [1.82, 2.24) is 4.90 Å². The SMILES string of the molecule is CCC/C=C(/C)N(C)C. The molecule has 0 unspecified atom stereocenters. The van der Waals surface area contributed by atoms with Gasteiger partial charge in [-0.25, -0.2) is 0 Å². The van der Waals surface area contributed by atoms with E-state index in [0.717, 1.165) is 0 Å². The molecule has 0 aliphatic heterocycles. The van der Waals surface area contributed by atoms with Crippen molar-refractivity contribution in [1.29, 1.82) is 0 Å². The van der Waals surface area contributed by atoms with Gasteiger partial charge in [0.15, 0.2) is 0 Å². The van der Waals surface area contributed by atoms with E-state index in [1.54, 1.807) is 0 Å². The van der Waals surface area contributed by atoms with Gasteiger partial charge in [0.1, 0.15) is 0 Å². The maximum absolute atomic E-state index is 2.26. The average Bonchev–Trinajstić information content (AvgIpc) is 1.82. The maximum Gasteiger partial charge on any atom is 0.00579 e. The summed E-state index contributed by atoms with van der Waals surface area (Å²) < 4.78 is 0. The van der Waals surface area contributed by atoms with E-state index in [-0.39, 0.29) is 0 Å². The molecule has 0 aromatic carbocycles. The van der Waals surface area contributed by atoms with Crippen molar-refractivity contribution in [3.8, 4) is 0 Å². The van der Waals surface area contributed by atoms with Crippen molar-refractivity contribution < 1.29 is 0 Å². The fourth-order valence-corrected chi connectivity index (χ4v) is 0.536. The van der Waals surface area contributed by atoms with Gasteiger partial charge in [-0.15, -0.1) is 0 Å². The quantitative estimate of drug-likeness (QED) is 0.562. The predicted octanol–water partition coefficient (Wildman–Crippen LogP) is 2.25. The van der Waals surface area contributed by atoms with Gasteiger partial charge in [0.25, 0.3) is 0 Å². The van der Waals surface area contributed by atoms with Crippen LogP contribution in [0.5, 0.6) is 0 Å². The predicted molar refractivity (Wildman–Crippen MR) is 42.4 cm³/mol. The van der Waals surface area contributed by atoms with E-state index in [1.165, 1.54) is 18.5 Å². The van der Waals surface area contributed by atoms with Crippen LogP contribution in [-0.2, 0) is 0 Å². The summed E-state index contributed by atoms with van der Waals surface area (Å²) >= 11 is 0. The Hall–Kier alpha value is -0.460. The molecule has 0 spiro atoms. The molecule has 1 nitrogen and oxygen atoms in total. The summed E-state index contributed by atoms with van der Waals surface area (Å²) in [6, 6.07) is 0. The van der Waals surface area contributed by atoms with Crippen LogP contribution in [0.1, 0.15) is 26.7 Å². The third-order valence-corrected chi connectivity index (χ3v) is 1.43. The third-order valence-electron chi connectivity index (χ3n) is 1.43. The first-order valence-electron chi connectivity index (χ1n) is 3.52. The summed E-state index contributed by atoms with van der Waals surface area (Å²) in [6.45, 7) is 4.33. The van der Waals surface area contributed by atoms with Gasteiger partial charge in [-0.1, -0.05) is 19.4 Å². The Morgan fingerprint density at radius 1 is 1.44 bits per heavy atom. The number of unbranched alkanes of at least 4 members (excludes halogenated alkanes) is 1. The minimum atomic E-state index is 1.20. The lowest BCUT2D eigenvalue weighted by molar-refractivity contribution is 0.510. The van der Waals surface area contributed by atoms with Gasteiger partial charge in [-0.05, 0) is 13.3 Å². The molecule has 0 heterocycles. The standard InChI is InChI=1S/C8H17N/c1-5-6-7-8(2)9(3)4/h7H,5-6H2,1-4H3/b8-7-. The van der Waals surface area contributed by atoms with E-state index in [2.05, 4.69) is 38.9 Å². The van der Waals surface area contributed by atoms with Crippen LogP contribution in [0.15, 0.2) is 11.8 Å². The minimum Gasteiger partial charge on any atom is -0.381 e. The number of hydrogen-bond acceptors (Lipinski definition) is 1. The summed E-state index contributed by atoms with van der Waals surface area (Å²) in [7, 11) is 4.14. The van der Waals surface area contributed by atoms with Gasteiger partial charge in [0.05, 0.1) is 0 Å². The van der Waals surface area contributed by atoms with Crippen LogP contribution < -0.4 is 0 Å². The van der Waals surface area contributed by atoms with E-state index >= 15 is 0 Å². The van der Waals surface area contributed by atoms with Crippen LogP contribution in [0.3, 0.4) is 0 Å². The lowest BCUT2D eigenvalue weighted by Crippen LogP contribution is -2.07. The minimum absolute atomic E-state index is 1.20. The van der Waals surface area contributed by atoms with Crippen molar-refractivity contribution >= 4 is 0 Å². The molecule has 0 radical (unpaired) electrons. The molecule has 1 heteroatoms. The Bertz CT molecular complexity index is 92.7. The topological polar surface area (TPSA) is 3.24 Å². The molecule has 54 valence electrons. The zero-order valence-electron chi connectivity index (χ0n) is 6.94. The zero-order valence-corrected chi connectivity index (χ0v) is 6.94. The monoisotopic (exact) mass is 127 g/mol. The molecule has 0 saturated heterocycles. The van der Waals surface area contributed by atoms with Crippen LogP contribution in [0, 0.1) is 0 Å².